The van der Waals surface area contributed by atoms with E-state index in [-0.39, 0.29) is 58.0 Å². The first kappa shape index (κ1) is 26.2. The molecule has 0 aromatic heterocycles. The topological polar surface area (TPSA) is 80.7 Å². The van der Waals surface area contributed by atoms with Crippen molar-refractivity contribution in [3.63, 3.8) is 0 Å². The van der Waals surface area contributed by atoms with Crippen LogP contribution in [0.4, 0.5) is 0 Å². The number of carbonyl (C=O) groups excluding carboxylic acids is 1. The van der Waals surface area contributed by atoms with Crippen molar-refractivity contribution in [1.82, 2.24) is 0 Å². The minimum absolute atomic E-state index is 0. The molecule has 0 spiro atoms. The van der Waals surface area contributed by atoms with Gasteiger partial charge in [0.05, 0.1) is 6.61 Å². The molecule has 0 aromatic rings. The second-order valence-corrected chi connectivity index (χ2v) is 7.29. The third-order valence-electron chi connectivity index (χ3n) is 3.56. The van der Waals surface area contributed by atoms with Crippen molar-refractivity contribution >= 4 is 67.5 Å². The fourth-order valence-electron chi connectivity index (χ4n) is 2.32. The quantitative estimate of drug-likeness (QED) is 0.204. The molecule has 23 heavy (non-hydrogen) atoms. The minimum Gasteiger partial charge on any atom is -0.465 e. The Labute approximate surface area is 184 Å². The van der Waals surface area contributed by atoms with Gasteiger partial charge in [-0.15, -0.1) is 0 Å². The zero-order valence-corrected chi connectivity index (χ0v) is 18.8. The Hall–Kier alpha value is 1.02. The average molecular weight is 376 g/mol. The Bertz CT molecular complexity index is 371. The molecule has 5 nitrogen and oxygen atoms in total. The molecule has 0 fully saturated rings. The smallest absolute Gasteiger partial charge is 0.323 e. The Morgan fingerprint density at radius 3 is 1.61 bits per heavy atom. The largest absolute Gasteiger partial charge is 0.465 e. The van der Waals surface area contributed by atoms with Gasteiger partial charge in [0.1, 0.15) is 0 Å². The Kier molecular flexibility index (Phi) is 20.3. The van der Waals surface area contributed by atoms with E-state index < -0.39 is 21.8 Å². The van der Waals surface area contributed by atoms with E-state index >= 15 is 0 Å². The summed E-state index contributed by atoms with van der Waals surface area (Å²) in [4.78, 5) is 11.0. The SMILES string of the molecule is CCCCCCCCCCCCCCOC(=O)CS(=O)(=O)O.[K]. The van der Waals surface area contributed by atoms with Gasteiger partial charge < -0.3 is 4.74 Å². The van der Waals surface area contributed by atoms with Crippen LogP contribution in [0.2, 0.25) is 0 Å². The summed E-state index contributed by atoms with van der Waals surface area (Å²) in [5, 5.41) is 0. The van der Waals surface area contributed by atoms with Crippen LogP contribution in [-0.2, 0) is 19.6 Å². The molecule has 0 rings (SSSR count). The van der Waals surface area contributed by atoms with Gasteiger partial charge in [0, 0.05) is 51.4 Å². The van der Waals surface area contributed by atoms with E-state index in [2.05, 4.69) is 6.92 Å². The molecule has 1 radical (unpaired) electrons. The second-order valence-electron chi connectivity index (χ2n) is 5.84. The molecule has 0 aromatic carbocycles. The summed E-state index contributed by atoms with van der Waals surface area (Å²) in [7, 11) is -4.27. The molecule has 0 aliphatic rings. The average Bonchev–Trinajstić information content (AvgIpc) is 2.42. The van der Waals surface area contributed by atoms with Gasteiger partial charge in [0.25, 0.3) is 10.1 Å². The normalized spacial score (nSPS) is 11.0. The molecule has 0 unspecified atom stereocenters. The molecule has 0 bridgehead atoms. The van der Waals surface area contributed by atoms with Crippen molar-refractivity contribution in [2.45, 2.75) is 84.0 Å². The van der Waals surface area contributed by atoms with Crippen LogP contribution in [0.1, 0.15) is 84.0 Å². The molecular weight excluding hydrogens is 343 g/mol. The summed E-state index contributed by atoms with van der Waals surface area (Å²) >= 11 is 0. The number of carbonyl (C=O) groups is 1. The predicted molar refractivity (Wildman–Crippen MR) is 94.2 cm³/mol. The van der Waals surface area contributed by atoms with Crippen LogP contribution in [0.5, 0.6) is 0 Å². The van der Waals surface area contributed by atoms with Crippen LogP contribution in [-0.4, -0.2) is 82.7 Å². The van der Waals surface area contributed by atoms with Crippen molar-refractivity contribution in [1.29, 1.82) is 0 Å². The third kappa shape index (κ3) is 23.0. The van der Waals surface area contributed by atoms with E-state index in [1.165, 1.54) is 57.8 Å². The molecule has 0 aliphatic heterocycles. The maximum Gasteiger partial charge on any atom is 0.323 e. The van der Waals surface area contributed by atoms with Crippen LogP contribution in [0.3, 0.4) is 0 Å². The van der Waals surface area contributed by atoms with Crippen molar-refractivity contribution < 1.29 is 22.5 Å². The molecule has 1 N–H and O–H groups in total. The molecule has 0 aliphatic carbocycles. The maximum atomic E-state index is 11.0. The monoisotopic (exact) mass is 375 g/mol. The molecule has 7 heteroatoms. The van der Waals surface area contributed by atoms with Crippen LogP contribution in [0, 0.1) is 0 Å². The van der Waals surface area contributed by atoms with Gasteiger partial charge in [0.15, 0.2) is 5.75 Å². The number of ether oxygens (including phenoxy) is 1. The number of rotatable bonds is 15. The fourth-order valence-corrected chi connectivity index (χ4v) is 2.70. The minimum atomic E-state index is -4.27. The summed E-state index contributed by atoms with van der Waals surface area (Å²) in [6.45, 7) is 2.46. The number of esters is 1. The Morgan fingerprint density at radius 2 is 1.22 bits per heavy atom. The first-order valence-electron chi connectivity index (χ1n) is 8.56. The van der Waals surface area contributed by atoms with E-state index in [0.29, 0.717) is 0 Å². The summed E-state index contributed by atoms with van der Waals surface area (Å²) in [5.41, 5.74) is 0. The molecule has 0 atom stereocenters. The van der Waals surface area contributed by atoms with Crippen molar-refractivity contribution in [2.24, 2.45) is 0 Å². The first-order valence-corrected chi connectivity index (χ1v) is 10.2. The number of hydrogen-bond acceptors (Lipinski definition) is 4. The van der Waals surface area contributed by atoms with Gasteiger partial charge in [-0.05, 0) is 6.42 Å². The van der Waals surface area contributed by atoms with E-state index in [4.69, 9.17) is 9.29 Å². The summed E-state index contributed by atoms with van der Waals surface area (Å²) in [5.74, 6) is -1.84. The van der Waals surface area contributed by atoms with Crippen LogP contribution < -0.4 is 0 Å². The zero-order valence-electron chi connectivity index (χ0n) is 14.9. The van der Waals surface area contributed by atoms with Gasteiger partial charge in [-0.25, -0.2) is 0 Å². The molecule has 0 saturated carbocycles. The van der Waals surface area contributed by atoms with Gasteiger partial charge in [-0.1, -0.05) is 77.6 Å². The third-order valence-corrected chi connectivity index (χ3v) is 4.16. The first-order chi connectivity index (χ1) is 10.5. The van der Waals surface area contributed by atoms with Crippen LogP contribution in [0.15, 0.2) is 0 Å². The zero-order chi connectivity index (χ0) is 16.7. The van der Waals surface area contributed by atoms with E-state index in [9.17, 15) is 13.2 Å². The molecule has 0 heterocycles. The number of hydrogen-bond donors (Lipinski definition) is 1. The van der Waals surface area contributed by atoms with Gasteiger partial charge in [0.2, 0.25) is 0 Å². The maximum absolute atomic E-state index is 11.0. The van der Waals surface area contributed by atoms with Crippen molar-refractivity contribution in [3.8, 4) is 0 Å². The van der Waals surface area contributed by atoms with Gasteiger partial charge in [-0.3, -0.25) is 9.35 Å². The Morgan fingerprint density at radius 1 is 0.826 bits per heavy atom. The van der Waals surface area contributed by atoms with E-state index in [1.54, 1.807) is 0 Å². The Balaban J connectivity index is 0. The van der Waals surface area contributed by atoms with Crippen molar-refractivity contribution in [2.75, 3.05) is 12.4 Å². The van der Waals surface area contributed by atoms with Crippen LogP contribution >= 0.6 is 0 Å². The van der Waals surface area contributed by atoms with Gasteiger partial charge in [-0.2, -0.15) is 8.42 Å². The summed E-state index contributed by atoms with van der Waals surface area (Å²) < 4.78 is 34.1. The molecular formula is C16H32KO5S. The molecule has 0 amide bonds. The second kappa shape index (κ2) is 17.8. The van der Waals surface area contributed by atoms with Gasteiger partial charge >= 0.3 is 5.97 Å². The van der Waals surface area contributed by atoms with Crippen LogP contribution in [0.25, 0.3) is 0 Å². The summed E-state index contributed by atoms with van der Waals surface area (Å²) in [6.07, 6.45) is 14.7. The predicted octanol–water partition coefficient (Wildman–Crippen LogP) is 3.74. The molecule has 0 saturated heterocycles. The standard InChI is InChI=1S/C16H32O5S.K/c1-2-3-4-5-6-7-8-9-10-11-12-13-14-21-16(17)15-22(18,19)20;/h2-15H2,1H3,(H,18,19,20);. The number of unbranched alkanes of at least 4 members (excludes halogenated alkanes) is 11. The summed E-state index contributed by atoms with van der Waals surface area (Å²) in [6, 6.07) is 0. The fraction of sp³-hybridized carbons (Fsp3) is 0.938. The van der Waals surface area contributed by atoms with E-state index in [0.717, 1.165) is 19.3 Å². The van der Waals surface area contributed by atoms with E-state index in [1.807, 2.05) is 0 Å². The van der Waals surface area contributed by atoms with Crippen molar-refractivity contribution in [3.05, 3.63) is 0 Å². The molecule has 133 valence electrons.